The molecular formula is C35H33N. The van der Waals surface area contributed by atoms with E-state index in [4.69, 9.17) is 0 Å². The average Bonchev–Trinajstić information content (AvgIpc) is 3.23. The van der Waals surface area contributed by atoms with Gasteiger partial charge in [-0.3, -0.25) is 0 Å². The van der Waals surface area contributed by atoms with E-state index in [0.29, 0.717) is 5.41 Å². The van der Waals surface area contributed by atoms with Crippen molar-refractivity contribution in [3.8, 4) is 16.8 Å². The Labute approximate surface area is 213 Å². The summed E-state index contributed by atoms with van der Waals surface area (Å²) in [7, 11) is 0. The number of aryl methyl sites for hydroxylation is 1. The van der Waals surface area contributed by atoms with E-state index < -0.39 is 0 Å². The van der Waals surface area contributed by atoms with E-state index in [0.717, 1.165) is 17.8 Å². The molecule has 1 heterocycles. The first kappa shape index (κ1) is 20.8. The standard InChI is InChI=1S/C35H33N/c1-23-15-28(19-33-34(23)31-9-5-6-10-32(31)36(33)30-7-3-2-4-8-30)27-11-13-29(14-12-27)35-20-24-16-25(21-35)18-26(17-24)22-35/h2-15,19,24-26H,16-18,20-22H2,1H3. The van der Waals surface area contributed by atoms with Gasteiger partial charge in [-0.15, -0.1) is 0 Å². The summed E-state index contributed by atoms with van der Waals surface area (Å²) in [5, 5.41) is 2.70. The molecule has 0 aliphatic heterocycles. The van der Waals surface area contributed by atoms with Crippen LogP contribution in [-0.4, -0.2) is 4.57 Å². The number of nitrogens with zero attached hydrogens (tertiary/aromatic N) is 1. The lowest BCUT2D eigenvalue weighted by molar-refractivity contribution is -0.00518. The van der Waals surface area contributed by atoms with Crippen molar-refractivity contribution in [3.63, 3.8) is 0 Å². The van der Waals surface area contributed by atoms with Crippen LogP contribution in [0.5, 0.6) is 0 Å². The summed E-state index contributed by atoms with van der Waals surface area (Å²) in [5.74, 6) is 2.96. The van der Waals surface area contributed by atoms with Crippen LogP contribution in [0, 0.1) is 24.7 Å². The molecule has 1 aromatic heterocycles. The molecule has 5 aromatic rings. The Kier molecular flexibility index (Phi) is 4.39. The van der Waals surface area contributed by atoms with Gasteiger partial charge >= 0.3 is 0 Å². The smallest absolute Gasteiger partial charge is 0.0549 e. The minimum Gasteiger partial charge on any atom is -0.309 e. The summed E-state index contributed by atoms with van der Waals surface area (Å²) in [6.07, 6.45) is 8.81. The van der Waals surface area contributed by atoms with Gasteiger partial charge in [0.2, 0.25) is 0 Å². The van der Waals surface area contributed by atoms with Crippen molar-refractivity contribution in [1.29, 1.82) is 0 Å². The van der Waals surface area contributed by atoms with Crippen LogP contribution >= 0.6 is 0 Å². The SMILES string of the molecule is Cc1cc(-c2ccc(C34CC5CC(CC(C5)C3)C4)cc2)cc2c1c1ccccc1n2-c1ccccc1. The zero-order valence-corrected chi connectivity index (χ0v) is 21.1. The third-order valence-corrected chi connectivity index (χ3v) is 9.85. The summed E-state index contributed by atoms with van der Waals surface area (Å²) in [6.45, 7) is 2.28. The van der Waals surface area contributed by atoms with Crippen LogP contribution in [0.4, 0.5) is 0 Å². The van der Waals surface area contributed by atoms with Gasteiger partial charge in [-0.2, -0.15) is 0 Å². The largest absolute Gasteiger partial charge is 0.309 e. The second-order valence-corrected chi connectivity index (χ2v) is 12.2. The summed E-state index contributed by atoms with van der Waals surface area (Å²) in [4.78, 5) is 0. The normalized spacial score (nSPS) is 26.8. The molecule has 1 nitrogen and oxygen atoms in total. The molecule has 4 bridgehead atoms. The minimum absolute atomic E-state index is 0.465. The molecule has 4 saturated carbocycles. The molecule has 4 aliphatic rings. The van der Waals surface area contributed by atoms with Gasteiger partial charge in [-0.25, -0.2) is 0 Å². The fourth-order valence-electron chi connectivity index (χ4n) is 8.81. The van der Waals surface area contributed by atoms with Crippen LogP contribution in [0.1, 0.15) is 49.7 Å². The molecule has 0 N–H and O–H groups in total. The van der Waals surface area contributed by atoms with Gasteiger partial charge in [0.05, 0.1) is 11.0 Å². The number of benzene rings is 4. The summed E-state index contributed by atoms with van der Waals surface area (Å²) >= 11 is 0. The molecule has 9 rings (SSSR count). The van der Waals surface area contributed by atoms with E-state index in [2.05, 4.69) is 102 Å². The number of hydrogen-bond donors (Lipinski definition) is 0. The van der Waals surface area contributed by atoms with E-state index in [1.807, 2.05) is 0 Å². The highest BCUT2D eigenvalue weighted by molar-refractivity contribution is 6.11. The van der Waals surface area contributed by atoms with Gasteiger partial charge < -0.3 is 4.57 Å². The fraction of sp³-hybridized carbons (Fsp3) is 0.314. The van der Waals surface area contributed by atoms with Gasteiger partial charge in [0.25, 0.3) is 0 Å². The third-order valence-electron chi connectivity index (χ3n) is 9.85. The van der Waals surface area contributed by atoms with Crippen LogP contribution in [0.25, 0.3) is 38.6 Å². The quantitative estimate of drug-likeness (QED) is 0.249. The number of fused-ring (bicyclic) bond motifs is 3. The number of aromatic nitrogens is 1. The molecule has 0 spiro atoms. The van der Waals surface area contributed by atoms with Crippen LogP contribution in [0.2, 0.25) is 0 Å². The van der Waals surface area contributed by atoms with Crippen molar-refractivity contribution in [2.24, 2.45) is 17.8 Å². The van der Waals surface area contributed by atoms with Crippen molar-refractivity contribution in [2.45, 2.75) is 50.9 Å². The highest BCUT2D eigenvalue weighted by Crippen LogP contribution is 2.60. The van der Waals surface area contributed by atoms with Crippen molar-refractivity contribution in [2.75, 3.05) is 0 Å². The molecule has 0 atom stereocenters. The maximum absolute atomic E-state index is 2.48. The molecule has 0 saturated heterocycles. The summed E-state index contributed by atoms with van der Waals surface area (Å²) in [5.41, 5.74) is 9.86. The summed E-state index contributed by atoms with van der Waals surface area (Å²) < 4.78 is 2.44. The fourth-order valence-corrected chi connectivity index (χ4v) is 8.81. The van der Waals surface area contributed by atoms with Crippen LogP contribution in [0.15, 0.2) is 91.0 Å². The van der Waals surface area contributed by atoms with Crippen molar-refractivity contribution in [3.05, 3.63) is 102 Å². The Morgan fingerprint density at radius 2 is 1.28 bits per heavy atom. The Bertz CT molecular complexity index is 1570. The minimum atomic E-state index is 0.465. The molecule has 0 amide bonds. The second-order valence-electron chi connectivity index (χ2n) is 12.2. The highest BCUT2D eigenvalue weighted by Gasteiger charge is 2.51. The summed E-state index contributed by atoms with van der Waals surface area (Å²) in [6, 6.07) is 34.2. The third kappa shape index (κ3) is 3.01. The Hall–Kier alpha value is -3.32. The van der Waals surface area contributed by atoms with Gasteiger partial charge in [-0.05, 0) is 115 Å². The first-order valence-electron chi connectivity index (χ1n) is 13.9. The first-order chi connectivity index (χ1) is 17.7. The van der Waals surface area contributed by atoms with Crippen LogP contribution < -0.4 is 0 Å². The second kappa shape index (κ2) is 7.59. The Morgan fingerprint density at radius 3 is 1.97 bits per heavy atom. The molecule has 0 radical (unpaired) electrons. The van der Waals surface area contributed by atoms with Gasteiger partial charge in [0.1, 0.15) is 0 Å². The maximum atomic E-state index is 2.48. The van der Waals surface area contributed by atoms with Crippen molar-refractivity contribution >= 4 is 21.8 Å². The lowest BCUT2D eigenvalue weighted by Gasteiger charge is -2.57. The monoisotopic (exact) mass is 467 g/mol. The number of hydrogen-bond acceptors (Lipinski definition) is 0. The zero-order chi connectivity index (χ0) is 23.9. The molecule has 36 heavy (non-hydrogen) atoms. The van der Waals surface area contributed by atoms with E-state index in [9.17, 15) is 0 Å². The molecule has 4 aliphatic carbocycles. The maximum Gasteiger partial charge on any atom is 0.0549 e. The molecule has 4 aromatic carbocycles. The molecule has 1 heteroatoms. The van der Waals surface area contributed by atoms with Crippen LogP contribution in [-0.2, 0) is 5.41 Å². The van der Waals surface area contributed by atoms with Crippen molar-refractivity contribution in [1.82, 2.24) is 4.57 Å². The van der Waals surface area contributed by atoms with Gasteiger partial charge in [0, 0.05) is 16.5 Å². The Balaban J connectivity index is 1.25. The lowest BCUT2D eigenvalue weighted by Crippen LogP contribution is -2.48. The first-order valence-corrected chi connectivity index (χ1v) is 13.9. The predicted octanol–water partition coefficient (Wildman–Crippen LogP) is 9.23. The topological polar surface area (TPSA) is 4.93 Å². The van der Waals surface area contributed by atoms with Gasteiger partial charge in [-0.1, -0.05) is 66.7 Å². The van der Waals surface area contributed by atoms with E-state index in [-0.39, 0.29) is 0 Å². The van der Waals surface area contributed by atoms with E-state index in [1.165, 1.54) is 82.7 Å². The number of rotatable bonds is 3. The zero-order valence-electron chi connectivity index (χ0n) is 21.1. The molecule has 178 valence electrons. The van der Waals surface area contributed by atoms with Crippen LogP contribution in [0.3, 0.4) is 0 Å². The van der Waals surface area contributed by atoms with Crippen molar-refractivity contribution < 1.29 is 0 Å². The van der Waals surface area contributed by atoms with E-state index >= 15 is 0 Å². The number of para-hydroxylation sites is 2. The van der Waals surface area contributed by atoms with E-state index in [1.54, 1.807) is 5.56 Å². The molecule has 0 unspecified atom stereocenters. The molecular weight excluding hydrogens is 434 g/mol. The molecule has 4 fully saturated rings. The lowest BCUT2D eigenvalue weighted by atomic mass is 9.48. The highest BCUT2D eigenvalue weighted by atomic mass is 15.0. The average molecular weight is 468 g/mol. The predicted molar refractivity (Wildman–Crippen MR) is 151 cm³/mol. The van der Waals surface area contributed by atoms with Gasteiger partial charge in [0.15, 0.2) is 0 Å². The Morgan fingerprint density at radius 1 is 0.639 bits per heavy atom.